The molecule has 0 aliphatic carbocycles. The van der Waals surface area contributed by atoms with E-state index in [0.29, 0.717) is 11.3 Å². The summed E-state index contributed by atoms with van der Waals surface area (Å²) < 4.78 is 59.6. The Kier molecular flexibility index (Phi) is 5.08. The van der Waals surface area contributed by atoms with E-state index in [1.165, 1.54) is 32.4 Å². The number of amides is 1. The van der Waals surface area contributed by atoms with E-state index in [0.717, 1.165) is 10.9 Å². The Balaban J connectivity index is 1.98. The number of ether oxygens (including phenoxy) is 1. The van der Waals surface area contributed by atoms with E-state index >= 15 is 0 Å². The molecular weight excluding hydrogens is 378 g/mol. The summed E-state index contributed by atoms with van der Waals surface area (Å²) in [7, 11) is 2.68. The number of carbonyl (C=O) groups excluding carboxylic acids is 1. The molecule has 0 atom stereocenters. The van der Waals surface area contributed by atoms with Crippen molar-refractivity contribution in [1.82, 2.24) is 9.78 Å². The monoisotopic (exact) mass is 393 g/mol. The minimum absolute atomic E-state index is 0.161. The summed E-state index contributed by atoms with van der Waals surface area (Å²) in [6.45, 7) is 0. The van der Waals surface area contributed by atoms with Crippen LogP contribution in [0.2, 0.25) is 0 Å². The van der Waals surface area contributed by atoms with Crippen LogP contribution in [0.4, 0.5) is 23.2 Å². The molecule has 0 spiro atoms. The van der Waals surface area contributed by atoms with Crippen molar-refractivity contribution in [3.8, 4) is 16.9 Å². The zero-order chi connectivity index (χ0) is 20.5. The molecule has 0 radical (unpaired) electrons. The lowest BCUT2D eigenvalue weighted by molar-refractivity contribution is -0.141. The number of rotatable bonds is 4. The van der Waals surface area contributed by atoms with Gasteiger partial charge in [0.2, 0.25) is 0 Å². The van der Waals surface area contributed by atoms with Gasteiger partial charge in [0, 0.05) is 36.1 Å². The molecule has 0 unspecified atom stereocenters. The summed E-state index contributed by atoms with van der Waals surface area (Å²) in [5, 5.41) is 5.73. The predicted molar refractivity (Wildman–Crippen MR) is 94.6 cm³/mol. The SMILES string of the molecule is COc1ccc(-c2ccccc2NC(=O)c2cn(C)nc2C(F)(F)F)c(F)c1. The van der Waals surface area contributed by atoms with Crippen LogP contribution in [0.1, 0.15) is 16.1 Å². The van der Waals surface area contributed by atoms with Gasteiger partial charge in [-0.25, -0.2) is 4.39 Å². The molecule has 3 rings (SSSR count). The standard InChI is InChI=1S/C19H15F4N3O2/c1-26-10-14(17(25-26)19(21,22)23)18(27)24-16-6-4-3-5-13(16)12-8-7-11(28-2)9-15(12)20/h3-10H,1-2H3,(H,24,27). The predicted octanol–water partition coefficient (Wildman–Crippen LogP) is 4.51. The first-order chi connectivity index (χ1) is 13.2. The number of aryl methyl sites for hydroxylation is 1. The lowest BCUT2D eigenvalue weighted by Gasteiger charge is -2.13. The number of halogens is 4. The van der Waals surface area contributed by atoms with Gasteiger partial charge in [-0.1, -0.05) is 18.2 Å². The largest absolute Gasteiger partial charge is 0.497 e. The minimum atomic E-state index is -4.78. The molecule has 1 aromatic heterocycles. The summed E-state index contributed by atoms with van der Waals surface area (Å²) in [4.78, 5) is 12.5. The first-order valence-electron chi connectivity index (χ1n) is 8.06. The summed E-state index contributed by atoms with van der Waals surface area (Å²) in [6, 6.07) is 10.4. The van der Waals surface area contributed by atoms with Crippen molar-refractivity contribution in [3.63, 3.8) is 0 Å². The molecular formula is C19H15F4N3O2. The van der Waals surface area contributed by atoms with E-state index in [4.69, 9.17) is 4.74 Å². The quantitative estimate of drug-likeness (QED) is 0.664. The van der Waals surface area contributed by atoms with E-state index in [1.807, 2.05) is 0 Å². The summed E-state index contributed by atoms with van der Waals surface area (Å²) in [5.41, 5.74) is -1.28. The van der Waals surface area contributed by atoms with Crippen LogP contribution in [0.5, 0.6) is 5.75 Å². The lowest BCUT2D eigenvalue weighted by Crippen LogP contribution is -2.18. The van der Waals surface area contributed by atoms with Gasteiger partial charge in [0.25, 0.3) is 5.91 Å². The number of nitrogens with one attached hydrogen (secondary N) is 1. The van der Waals surface area contributed by atoms with Gasteiger partial charge in [-0.3, -0.25) is 9.48 Å². The first kappa shape index (κ1) is 19.4. The second-order valence-electron chi connectivity index (χ2n) is 5.91. The fourth-order valence-electron chi connectivity index (χ4n) is 2.72. The molecule has 146 valence electrons. The Morgan fingerprint density at radius 1 is 1.14 bits per heavy atom. The van der Waals surface area contributed by atoms with Crippen molar-refractivity contribution in [1.29, 1.82) is 0 Å². The van der Waals surface area contributed by atoms with Crippen molar-refractivity contribution >= 4 is 11.6 Å². The maximum absolute atomic E-state index is 14.4. The average Bonchev–Trinajstić information content (AvgIpc) is 3.05. The van der Waals surface area contributed by atoms with Crippen LogP contribution < -0.4 is 10.1 Å². The number of anilines is 1. The van der Waals surface area contributed by atoms with Gasteiger partial charge in [-0.2, -0.15) is 18.3 Å². The molecule has 0 aliphatic heterocycles. The molecule has 0 saturated carbocycles. The molecule has 2 aromatic carbocycles. The summed E-state index contributed by atoms with van der Waals surface area (Å²) in [5.74, 6) is -1.28. The highest BCUT2D eigenvalue weighted by Crippen LogP contribution is 2.34. The average molecular weight is 393 g/mol. The van der Waals surface area contributed by atoms with Crippen LogP contribution in [0, 0.1) is 5.82 Å². The molecule has 3 aromatic rings. The third-order valence-electron chi connectivity index (χ3n) is 3.98. The highest BCUT2D eigenvalue weighted by Gasteiger charge is 2.39. The molecule has 5 nitrogen and oxygen atoms in total. The molecule has 0 aliphatic rings. The number of hydrogen-bond donors (Lipinski definition) is 1. The third-order valence-corrected chi connectivity index (χ3v) is 3.98. The maximum atomic E-state index is 14.4. The molecule has 28 heavy (non-hydrogen) atoms. The second kappa shape index (κ2) is 7.34. The number of carbonyl (C=O) groups is 1. The van der Waals surface area contributed by atoms with E-state index in [9.17, 15) is 22.4 Å². The molecule has 9 heteroatoms. The van der Waals surface area contributed by atoms with Crippen molar-refractivity contribution in [3.05, 3.63) is 65.7 Å². The van der Waals surface area contributed by atoms with E-state index in [1.54, 1.807) is 24.3 Å². The minimum Gasteiger partial charge on any atom is -0.497 e. The Labute approximate surface area is 157 Å². The zero-order valence-corrected chi connectivity index (χ0v) is 14.8. The van der Waals surface area contributed by atoms with Gasteiger partial charge in [0.1, 0.15) is 11.6 Å². The van der Waals surface area contributed by atoms with Crippen molar-refractivity contribution in [2.45, 2.75) is 6.18 Å². The fraction of sp³-hybridized carbons (Fsp3) is 0.158. The third kappa shape index (κ3) is 3.83. The number of aromatic nitrogens is 2. The van der Waals surface area contributed by atoms with Crippen LogP contribution in [0.25, 0.3) is 11.1 Å². The van der Waals surface area contributed by atoms with Crippen LogP contribution in [0.3, 0.4) is 0 Å². The highest BCUT2D eigenvalue weighted by molar-refractivity contribution is 6.07. The number of benzene rings is 2. The maximum Gasteiger partial charge on any atom is 0.435 e. The first-order valence-corrected chi connectivity index (χ1v) is 8.06. The number of nitrogens with zero attached hydrogens (tertiary/aromatic N) is 2. The fourth-order valence-corrected chi connectivity index (χ4v) is 2.72. The molecule has 0 bridgehead atoms. The number of hydrogen-bond acceptors (Lipinski definition) is 3. The summed E-state index contributed by atoms with van der Waals surface area (Å²) in [6.07, 6.45) is -3.80. The van der Waals surface area contributed by atoms with E-state index in [2.05, 4.69) is 10.4 Å². The lowest BCUT2D eigenvalue weighted by atomic mass is 10.0. The van der Waals surface area contributed by atoms with Gasteiger partial charge < -0.3 is 10.1 Å². The van der Waals surface area contributed by atoms with Gasteiger partial charge >= 0.3 is 6.18 Å². The molecule has 0 fully saturated rings. The number of alkyl halides is 3. The molecule has 1 N–H and O–H groups in total. The zero-order valence-electron chi connectivity index (χ0n) is 14.8. The Bertz CT molecular complexity index is 1030. The van der Waals surface area contributed by atoms with Gasteiger partial charge in [-0.15, -0.1) is 0 Å². The topological polar surface area (TPSA) is 56.1 Å². The van der Waals surface area contributed by atoms with Crippen molar-refractivity contribution in [2.75, 3.05) is 12.4 Å². The number of para-hydroxylation sites is 1. The Hall–Kier alpha value is -3.36. The van der Waals surface area contributed by atoms with Crippen LogP contribution in [-0.2, 0) is 13.2 Å². The van der Waals surface area contributed by atoms with Gasteiger partial charge in [-0.05, 0) is 18.2 Å². The van der Waals surface area contributed by atoms with Gasteiger partial charge in [0.15, 0.2) is 5.69 Å². The van der Waals surface area contributed by atoms with Gasteiger partial charge in [0.05, 0.1) is 12.7 Å². The number of methoxy groups -OCH3 is 1. The Morgan fingerprint density at radius 3 is 2.50 bits per heavy atom. The highest BCUT2D eigenvalue weighted by atomic mass is 19.4. The molecule has 0 saturated heterocycles. The van der Waals surface area contributed by atoms with E-state index in [-0.39, 0.29) is 11.3 Å². The Morgan fingerprint density at radius 2 is 1.86 bits per heavy atom. The summed E-state index contributed by atoms with van der Waals surface area (Å²) >= 11 is 0. The van der Waals surface area contributed by atoms with Crippen LogP contribution >= 0.6 is 0 Å². The molecule has 1 amide bonds. The normalized spacial score (nSPS) is 11.4. The smallest absolute Gasteiger partial charge is 0.435 e. The van der Waals surface area contributed by atoms with Crippen LogP contribution in [0.15, 0.2) is 48.7 Å². The van der Waals surface area contributed by atoms with Crippen LogP contribution in [-0.4, -0.2) is 22.8 Å². The van der Waals surface area contributed by atoms with E-state index < -0.39 is 29.2 Å². The van der Waals surface area contributed by atoms with Crippen molar-refractivity contribution in [2.24, 2.45) is 7.05 Å². The second-order valence-corrected chi connectivity index (χ2v) is 5.91. The van der Waals surface area contributed by atoms with Crippen molar-refractivity contribution < 1.29 is 27.1 Å². The molecule has 1 heterocycles.